The van der Waals surface area contributed by atoms with Crippen LogP contribution in [-0.2, 0) is 20.9 Å². The quantitative estimate of drug-likeness (QED) is 0.124. The molecular weight excluding hydrogens is 486 g/mol. The van der Waals surface area contributed by atoms with Crippen LogP contribution in [0.3, 0.4) is 0 Å². The van der Waals surface area contributed by atoms with Gasteiger partial charge in [0.15, 0.2) is 5.78 Å². The molecule has 0 unspecified atom stereocenters. The van der Waals surface area contributed by atoms with Gasteiger partial charge in [0.05, 0.1) is 22.8 Å². The van der Waals surface area contributed by atoms with E-state index in [2.05, 4.69) is 5.32 Å². The number of nitro groups is 1. The predicted octanol–water partition coefficient (Wildman–Crippen LogP) is 4.90. The average Bonchev–Trinajstić information content (AvgIpc) is 3.36. The molecule has 0 spiro atoms. The maximum Gasteiger partial charge on any atom is 0.292 e. The van der Waals surface area contributed by atoms with Crippen molar-refractivity contribution >= 4 is 39.6 Å². The number of ketones is 2. The number of carbonyl (C=O) groups is 3. The van der Waals surface area contributed by atoms with Gasteiger partial charge < -0.3 is 10.1 Å². The van der Waals surface area contributed by atoms with Crippen LogP contribution in [0.15, 0.2) is 84.9 Å². The fourth-order valence-electron chi connectivity index (χ4n) is 4.58. The summed E-state index contributed by atoms with van der Waals surface area (Å²) >= 11 is 0. The van der Waals surface area contributed by atoms with Crippen molar-refractivity contribution in [2.75, 3.05) is 5.32 Å². The van der Waals surface area contributed by atoms with Crippen molar-refractivity contribution in [2.45, 2.75) is 12.7 Å². The van der Waals surface area contributed by atoms with Crippen molar-refractivity contribution < 1.29 is 24.0 Å². The number of nitriles is 1. The van der Waals surface area contributed by atoms with Crippen molar-refractivity contribution in [3.63, 3.8) is 0 Å². The molecule has 1 aliphatic heterocycles. The lowest BCUT2D eigenvalue weighted by atomic mass is 9.84. The van der Waals surface area contributed by atoms with Gasteiger partial charge in [-0.05, 0) is 34.0 Å². The summed E-state index contributed by atoms with van der Waals surface area (Å²) in [7, 11) is 0. The van der Waals surface area contributed by atoms with Crippen LogP contribution in [0.2, 0.25) is 0 Å². The third kappa shape index (κ3) is 4.52. The number of nitro benzene ring substituents is 1. The number of nitrogens with zero attached hydrogens (tertiary/aromatic N) is 2. The summed E-state index contributed by atoms with van der Waals surface area (Å²) in [5.41, 5.74) is 1.08. The van der Waals surface area contributed by atoms with Crippen LogP contribution in [-0.4, -0.2) is 22.4 Å². The molecule has 2 atom stereocenters. The molecule has 186 valence electrons. The van der Waals surface area contributed by atoms with Gasteiger partial charge in [0.1, 0.15) is 18.1 Å². The van der Waals surface area contributed by atoms with Crippen molar-refractivity contribution in [1.29, 1.82) is 5.26 Å². The molecule has 0 aromatic heterocycles. The first-order chi connectivity index (χ1) is 18.4. The molecule has 9 nitrogen and oxygen atoms in total. The van der Waals surface area contributed by atoms with E-state index in [0.717, 1.165) is 28.5 Å². The molecular formula is C29H19N3O6. The number of hydrogen-bond acceptors (Lipinski definition) is 7. The third-order valence-electron chi connectivity index (χ3n) is 6.49. The van der Waals surface area contributed by atoms with E-state index in [1.54, 1.807) is 36.4 Å². The molecule has 1 amide bonds. The molecule has 0 radical (unpaired) electrons. The van der Waals surface area contributed by atoms with Crippen molar-refractivity contribution in [3.05, 3.63) is 117 Å². The smallest absolute Gasteiger partial charge is 0.292 e. The number of benzene rings is 4. The Hall–Kier alpha value is -5.20. The zero-order valence-corrected chi connectivity index (χ0v) is 19.8. The van der Waals surface area contributed by atoms with Crippen LogP contribution in [0.1, 0.15) is 33.2 Å². The molecule has 1 aliphatic rings. The van der Waals surface area contributed by atoms with E-state index in [9.17, 15) is 29.8 Å². The summed E-state index contributed by atoms with van der Waals surface area (Å²) < 4.78 is 5.88. The number of ether oxygens (including phenoxy) is 1. The number of carbonyl (C=O) groups excluding carboxylic acids is 3. The lowest BCUT2D eigenvalue weighted by Gasteiger charge is -2.22. The summed E-state index contributed by atoms with van der Waals surface area (Å²) in [6, 6.07) is 24.7. The van der Waals surface area contributed by atoms with Gasteiger partial charge in [0.2, 0.25) is 5.78 Å². The predicted molar refractivity (Wildman–Crippen MR) is 137 cm³/mol. The molecule has 9 heteroatoms. The first-order valence-electron chi connectivity index (χ1n) is 11.6. The number of amides is 1. The zero-order valence-electron chi connectivity index (χ0n) is 19.8. The van der Waals surface area contributed by atoms with Crippen molar-refractivity contribution in [2.24, 2.45) is 5.92 Å². The molecule has 0 saturated heterocycles. The standard InChI is InChI=1S/C29H19N3O6/c30-15-21-14-22(32(36)37)11-12-24(21)31-29(35)27(34)25(28-23-8-4-3-7-20(23)16-38-28)26(33)19-10-9-17-5-1-2-6-18(17)13-19/h1-14,25,28H,16H2,(H,31,35)/t25-,28+/m1/s1. The number of fused-ring (bicyclic) bond motifs is 2. The second kappa shape index (κ2) is 10.0. The van der Waals surface area contributed by atoms with Crippen LogP contribution >= 0.6 is 0 Å². The number of non-ortho nitro benzene ring substituents is 1. The van der Waals surface area contributed by atoms with Gasteiger partial charge in [-0.3, -0.25) is 24.5 Å². The van der Waals surface area contributed by atoms with Gasteiger partial charge in [-0.1, -0.05) is 60.7 Å². The lowest BCUT2D eigenvalue weighted by molar-refractivity contribution is -0.384. The highest BCUT2D eigenvalue weighted by Crippen LogP contribution is 2.38. The van der Waals surface area contributed by atoms with Crippen LogP contribution in [0.5, 0.6) is 0 Å². The minimum Gasteiger partial charge on any atom is -0.368 e. The van der Waals surface area contributed by atoms with Crippen LogP contribution in [0.4, 0.5) is 11.4 Å². The van der Waals surface area contributed by atoms with Gasteiger partial charge >= 0.3 is 0 Å². The minimum atomic E-state index is -1.50. The third-order valence-corrected chi connectivity index (χ3v) is 6.49. The maximum absolute atomic E-state index is 13.8. The minimum absolute atomic E-state index is 0.0823. The molecule has 38 heavy (non-hydrogen) atoms. The highest BCUT2D eigenvalue weighted by molar-refractivity contribution is 6.45. The monoisotopic (exact) mass is 505 g/mol. The Bertz CT molecular complexity index is 1670. The van der Waals surface area contributed by atoms with Gasteiger partial charge in [-0.25, -0.2) is 0 Å². The molecule has 4 aromatic carbocycles. The molecule has 0 aliphatic carbocycles. The Labute approximate surface area is 216 Å². The van der Waals surface area contributed by atoms with E-state index >= 15 is 0 Å². The molecule has 1 heterocycles. The SMILES string of the molecule is N#Cc1cc([N+](=O)[O-])ccc1NC(=O)C(=O)[C@@H](C(=O)c1ccc2ccccc2c1)[C@H]1OCc2ccccc21. The zero-order chi connectivity index (χ0) is 26.8. The highest BCUT2D eigenvalue weighted by Gasteiger charge is 2.43. The highest BCUT2D eigenvalue weighted by atomic mass is 16.6. The molecule has 4 aromatic rings. The first kappa shape index (κ1) is 24.5. The fourth-order valence-corrected chi connectivity index (χ4v) is 4.58. The van der Waals surface area contributed by atoms with E-state index in [-0.39, 0.29) is 29.1 Å². The van der Waals surface area contributed by atoms with Crippen LogP contribution in [0.25, 0.3) is 10.8 Å². The number of anilines is 1. The van der Waals surface area contributed by atoms with Crippen LogP contribution < -0.4 is 5.32 Å². The first-order valence-corrected chi connectivity index (χ1v) is 11.6. The summed E-state index contributed by atoms with van der Waals surface area (Å²) in [6.07, 6.45) is -0.990. The van der Waals surface area contributed by atoms with Gasteiger partial charge in [-0.2, -0.15) is 5.26 Å². The Morgan fingerprint density at radius 1 is 0.974 bits per heavy atom. The van der Waals surface area contributed by atoms with Gasteiger partial charge in [0, 0.05) is 17.7 Å². The number of hydrogen-bond donors (Lipinski definition) is 1. The van der Waals surface area contributed by atoms with Gasteiger partial charge in [0.25, 0.3) is 11.6 Å². The normalized spacial score (nSPS) is 14.8. The Balaban J connectivity index is 1.51. The summed E-state index contributed by atoms with van der Waals surface area (Å²) in [4.78, 5) is 50.9. The number of Topliss-reactive ketones (excluding diaryl/α,β-unsaturated/α-hetero) is 2. The Morgan fingerprint density at radius 2 is 1.71 bits per heavy atom. The molecule has 0 bridgehead atoms. The largest absolute Gasteiger partial charge is 0.368 e. The summed E-state index contributed by atoms with van der Waals surface area (Å²) in [5.74, 6) is -4.26. The topological polar surface area (TPSA) is 139 Å². The number of rotatable bonds is 7. The van der Waals surface area contributed by atoms with E-state index < -0.39 is 34.4 Å². The van der Waals surface area contributed by atoms with Crippen molar-refractivity contribution in [1.82, 2.24) is 0 Å². The van der Waals surface area contributed by atoms with Crippen LogP contribution in [0, 0.1) is 27.4 Å². The summed E-state index contributed by atoms with van der Waals surface area (Å²) in [6.45, 7) is 0.179. The molecule has 0 fully saturated rings. The number of nitrogens with one attached hydrogen (secondary N) is 1. The van der Waals surface area contributed by atoms with Gasteiger partial charge in [-0.15, -0.1) is 0 Å². The molecule has 0 saturated carbocycles. The van der Waals surface area contributed by atoms with E-state index in [0.29, 0.717) is 5.56 Å². The Kier molecular flexibility index (Phi) is 6.47. The Morgan fingerprint density at radius 3 is 2.47 bits per heavy atom. The van der Waals surface area contributed by atoms with E-state index in [1.807, 2.05) is 36.4 Å². The maximum atomic E-state index is 13.8. The van der Waals surface area contributed by atoms with E-state index in [4.69, 9.17) is 4.74 Å². The van der Waals surface area contributed by atoms with E-state index in [1.165, 1.54) is 6.07 Å². The second-order valence-electron chi connectivity index (χ2n) is 8.75. The second-order valence-corrected chi connectivity index (χ2v) is 8.75. The fraction of sp³-hybridized carbons (Fsp3) is 0.103. The van der Waals surface area contributed by atoms with Crippen molar-refractivity contribution in [3.8, 4) is 6.07 Å². The molecule has 1 N–H and O–H groups in total. The average molecular weight is 505 g/mol. The lowest BCUT2D eigenvalue weighted by Crippen LogP contribution is -2.38. The molecule has 5 rings (SSSR count). The summed E-state index contributed by atoms with van der Waals surface area (Å²) in [5, 5.41) is 24.5.